The molecule has 2 unspecified atom stereocenters. The Kier molecular flexibility index (Phi) is 5.18. The van der Waals surface area contributed by atoms with E-state index in [4.69, 9.17) is 15.0 Å². The fourth-order valence-corrected chi connectivity index (χ4v) is 5.26. The summed E-state index contributed by atoms with van der Waals surface area (Å²) in [5.41, 5.74) is 7.95. The summed E-state index contributed by atoms with van der Waals surface area (Å²) in [5.74, 6) is 0.889. The molecule has 3 aromatic heterocycles. The van der Waals surface area contributed by atoms with Crippen LogP contribution in [0.3, 0.4) is 0 Å². The lowest BCUT2D eigenvalue weighted by Crippen LogP contribution is -2.29. The maximum absolute atomic E-state index is 5.10. The minimum atomic E-state index is 0.0798. The van der Waals surface area contributed by atoms with Crippen molar-refractivity contribution < 1.29 is 0 Å². The average molecular weight is 478 g/mol. The van der Waals surface area contributed by atoms with Gasteiger partial charge in [-0.3, -0.25) is 9.98 Å². The second-order valence-electron chi connectivity index (χ2n) is 9.10. The highest BCUT2D eigenvalue weighted by Crippen LogP contribution is 2.46. The predicted molar refractivity (Wildman–Crippen MR) is 149 cm³/mol. The van der Waals surface area contributed by atoms with Crippen molar-refractivity contribution in [1.82, 2.24) is 15.0 Å². The Morgan fingerprint density at radius 1 is 0.595 bits per heavy atom. The summed E-state index contributed by atoms with van der Waals surface area (Å²) in [6.07, 6.45) is 7.94. The third kappa shape index (κ3) is 3.72. The number of aliphatic imine (C=N–C) groups is 1. The van der Waals surface area contributed by atoms with Gasteiger partial charge in [-0.2, -0.15) is 0 Å². The number of fused-ring (bicyclic) bond motifs is 3. The van der Waals surface area contributed by atoms with Crippen molar-refractivity contribution in [1.29, 1.82) is 0 Å². The third-order valence-electron chi connectivity index (χ3n) is 6.91. The van der Waals surface area contributed by atoms with Crippen LogP contribution in [0.2, 0.25) is 0 Å². The number of nitrogens with zero attached hydrogens (tertiary/aromatic N) is 5. The third-order valence-corrected chi connectivity index (χ3v) is 6.91. The van der Waals surface area contributed by atoms with Crippen LogP contribution in [0.15, 0.2) is 126 Å². The van der Waals surface area contributed by atoms with Crippen molar-refractivity contribution in [3.63, 3.8) is 0 Å². The van der Waals surface area contributed by atoms with Crippen molar-refractivity contribution in [3.8, 4) is 33.9 Å². The zero-order valence-electron chi connectivity index (χ0n) is 20.0. The van der Waals surface area contributed by atoms with E-state index in [0.717, 1.165) is 45.4 Å². The van der Waals surface area contributed by atoms with E-state index in [-0.39, 0.29) is 12.1 Å². The van der Waals surface area contributed by atoms with Gasteiger partial charge in [-0.1, -0.05) is 66.7 Å². The lowest BCUT2D eigenvalue weighted by molar-refractivity contribution is 0.663. The molecule has 2 aliphatic rings. The van der Waals surface area contributed by atoms with Gasteiger partial charge in [0, 0.05) is 34.8 Å². The largest absolute Gasteiger partial charge is 0.317 e. The van der Waals surface area contributed by atoms with Crippen molar-refractivity contribution in [2.24, 2.45) is 4.99 Å². The van der Waals surface area contributed by atoms with Gasteiger partial charge >= 0.3 is 0 Å². The van der Waals surface area contributed by atoms with Crippen molar-refractivity contribution in [2.75, 3.05) is 4.90 Å². The molecule has 37 heavy (non-hydrogen) atoms. The fourth-order valence-electron chi connectivity index (χ4n) is 5.26. The molecule has 7 rings (SSSR count). The van der Waals surface area contributed by atoms with Crippen LogP contribution >= 0.6 is 0 Å². The summed E-state index contributed by atoms with van der Waals surface area (Å²) >= 11 is 0. The number of aromatic nitrogens is 3. The first kappa shape index (κ1) is 21.4. The Hall–Kier alpha value is -4.90. The maximum atomic E-state index is 5.10. The van der Waals surface area contributed by atoms with Gasteiger partial charge in [0.2, 0.25) is 0 Å². The standard InChI is InChI=1S/C32H23N5/c1-2-11-23(22(10-1)25-13-5-6-20-33-25)26-14-7-15-27(35-26)28-16-8-19-31(36-28)37-29-17-4-3-12-24(29)32-30(37)18-9-21-34-32/h1-21,30,32H. The highest BCUT2D eigenvalue weighted by atomic mass is 15.3. The zero-order valence-corrected chi connectivity index (χ0v) is 20.0. The SMILES string of the molecule is C1=CC2C(N=C1)c1ccccc1N2c1cccc(-c2cccc(-c3ccccc3-c3ccccn3)n2)n1. The molecule has 5 heteroatoms. The number of benzene rings is 2. The van der Waals surface area contributed by atoms with Gasteiger partial charge in [-0.25, -0.2) is 9.97 Å². The van der Waals surface area contributed by atoms with Crippen LogP contribution in [-0.4, -0.2) is 27.2 Å². The number of para-hydroxylation sites is 1. The molecule has 5 heterocycles. The molecule has 2 aromatic carbocycles. The Labute approximate surface area is 215 Å². The molecule has 0 N–H and O–H groups in total. The zero-order chi connectivity index (χ0) is 24.6. The lowest BCUT2D eigenvalue weighted by atomic mass is 10.0. The number of hydrogen-bond donors (Lipinski definition) is 0. The Morgan fingerprint density at radius 2 is 1.30 bits per heavy atom. The first-order valence-corrected chi connectivity index (χ1v) is 12.4. The van der Waals surface area contributed by atoms with Gasteiger partial charge in [0.15, 0.2) is 0 Å². The van der Waals surface area contributed by atoms with Crippen LogP contribution in [0.5, 0.6) is 0 Å². The highest BCUT2D eigenvalue weighted by Gasteiger charge is 2.38. The van der Waals surface area contributed by atoms with Crippen molar-refractivity contribution >= 4 is 17.7 Å². The van der Waals surface area contributed by atoms with Crippen LogP contribution in [0.4, 0.5) is 11.5 Å². The first-order chi connectivity index (χ1) is 18.4. The average Bonchev–Trinajstić information content (AvgIpc) is 3.32. The second kappa shape index (κ2) is 8.95. The summed E-state index contributed by atoms with van der Waals surface area (Å²) in [6.45, 7) is 0. The van der Waals surface area contributed by atoms with Gasteiger partial charge in [-0.05, 0) is 48.5 Å². The number of anilines is 2. The number of hydrogen-bond acceptors (Lipinski definition) is 5. The summed E-state index contributed by atoms with van der Waals surface area (Å²) < 4.78 is 0. The molecular weight excluding hydrogens is 454 g/mol. The summed E-state index contributed by atoms with van der Waals surface area (Å²) in [4.78, 5) is 21.8. The van der Waals surface area contributed by atoms with Crippen LogP contribution in [0, 0.1) is 0 Å². The molecule has 2 aliphatic heterocycles. The van der Waals surface area contributed by atoms with E-state index >= 15 is 0 Å². The van der Waals surface area contributed by atoms with Gasteiger partial charge in [-0.15, -0.1) is 0 Å². The normalized spacial score (nSPS) is 17.5. The molecule has 0 radical (unpaired) electrons. The Bertz CT molecular complexity index is 1660. The van der Waals surface area contributed by atoms with E-state index in [1.54, 1.807) is 0 Å². The predicted octanol–water partition coefficient (Wildman–Crippen LogP) is 7.07. The minimum Gasteiger partial charge on any atom is -0.317 e. The number of pyridine rings is 3. The molecule has 0 amide bonds. The molecule has 2 atom stereocenters. The Morgan fingerprint density at radius 3 is 2.16 bits per heavy atom. The molecule has 0 saturated carbocycles. The topological polar surface area (TPSA) is 54.3 Å². The van der Waals surface area contributed by atoms with Crippen molar-refractivity contribution in [3.05, 3.63) is 127 Å². The molecule has 0 spiro atoms. The van der Waals surface area contributed by atoms with E-state index in [1.165, 1.54) is 5.56 Å². The van der Waals surface area contributed by atoms with Crippen LogP contribution in [0.1, 0.15) is 11.6 Å². The van der Waals surface area contributed by atoms with Gasteiger partial charge in [0.05, 0.1) is 28.8 Å². The summed E-state index contributed by atoms with van der Waals surface area (Å²) in [7, 11) is 0. The number of rotatable bonds is 4. The molecule has 0 fully saturated rings. The molecule has 5 nitrogen and oxygen atoms in total. The van der Waals surface area contributed by atoms with Gasteiger partial charge in [0.25, 0.3) is 0 Å². The van der Waals surface area contributed by atoms with Crippen LogP contribution < -0.4 is 4.90 Å². The van der Waals surface area contributed by atoms with E-state index in [2.05, 4.69) is 64.5 Å². The molecular formula is C32H23N5. The van der Waals surface area contributed by atoms with Crippen LogP contribution in [0.25, 0.3) is 33.9 Å². The van der Waals surface area contributed by atoms with Gasteiger partial charge < -0.3 is 4.90 Å². The lowest BCUT2D eigenvalue weighted by Gasteiger charge is -2.27. The summed E-state index contributed by atoms with van der Waals surface area (Å²) in [6, 6.07) is 35.1. The van der Waals surface area contributed by atoms with Crippen LogP contribution in [-0.2, 0) is 0 Å². The molecule has 0 saturated heterocycles. The van der Waals surface area contributed by atoms with E-state index < -0.39 is 0 Å². The van der Waals surface area contributed by atoms with E-state index in [0.29, 0.717) is 0 Å². The fraction of sp³-hybridized carbons (Fsp3) is 0.0625. The summed E-state index contributed by atoms with van der Waals surface area (Å²) in [5, 5.41) is 0. The molecule has 0 bridgehead atoms. The minimum absolute atomic E-state index is 0.0798. The quantitative estimate of drug-likeness (QED) is 0.278. The monoisotopic (exact) mass is 477 g/mol. The molecule has 5 aromatic rings. The van der Waals surface area contributed by atoms with E-state index in [9.17, 15) is 0 Å². The Balaban J connectivity index is 1.29. The maximum Gasteiger partial charge on any atom is 0.134 e. The number of dihydropyridines is 1. The highest BCUT2D eigenvalue weighted by molar-refractivity contribution is 5.82. The van der Waals surface area contributed by atoms with Gasteiger partial charge in [0.1, 0.15) is 11.9 Å². The van der Waals surface area contributed by atoms with Crippen molar-refractivity contribution in [2.45, 2.75) is 12.1 Å². The first-order valence-electron chi connectivity index (χ1n) is 12.4. The number of allylic oxidation sites excluding steroid dienone is 1. The van der Waals surface area contributed by atoms with E-state index in [1.807, 2.05) is 73.1 Å². The molecule has 176 valence electrons. The molecule has 0 aliphatic carbocycles. The second-order valence-corrected chi connectivity index (χ2v) is 9.10. The smallest absolute Gasteiger partial charge is 0.134 e.